The Kier molecular flexibility index (Phi) is 13.5. The Morgan fingerprint density at radius 1 is 0.651 bits per heavy atom. The molecule has 0 aromatic heterocycles. The van der Waals surface area contributed by atoms with Crippen molar-refractivity contribution in [2.24, 2.45) is 0 Å². The summed E-state index contributed by atoms with van der Waals surface area (Å²) < 4.78 is 26.8. The van der Waals surface area contributed by atoms with Gasteiger partial charge in [0.25, 0.3) is 0 Å². The first kappa shape index (κ1) is 32.6. The Bertz CT molecular complexity index is 1340. The summed E-state index contributed by atoms with van der Waals surface area (Å²) in [5, 5.41) is 8.84. The predicted octanol–water partition coefficient (Wildman–Crippen LogP) is 5.71. The molecule has 9 heteroatoms. The monoisotopic (exact) mass is 588 g/mol. The molecule has 0 radical (unpaired) electrons. The van der Waals surface area contributed by atoms with E-state index in [9.17, 15) is 14.4 Å². The SMILES string of the molecule is C=CC(=O)OCCCCOc1ccc(-c2ccc(C(=O)Oc3ccc(OCCCCOC(=O)C(=C)CO)cc3)cc2)cc1. The fraction of sp³-hybridized carbons (Fsp3) is 0.265. The van der Waals surface area contributed by atoms with Gasteiger partial charge >= 0.3 is 17.9 Å². The van der Waals surface area contributed by atoms with E-state index in [-0.39, 0.29) is 12.2 Å². The molecule has 0 atom stereocenters. The van der Waals surface area contributed by atoms with Gasteiger partial charge in [-0.25, -0.2) is 14.4 Å². The van der Waals surface area contributed by atoms with E-state index in [1.54, 1.807) is 36.4 Å². The minimum atomic E-state index is -0.600. The van der Waals surface area contributed by atoms with Gasteiger partial charge < -0.3 is 28.8 Å². The van der Waals surface area contributed by atoms with Crippen LogP contribution in [-0.4, -0.2) is 56.0 Å². The van der Waals surface area contributed by atoms with Gasteiger partial charge in [0.2, 0.25) is 0 Å². The number of aliphatic hydroxyl groups is 1. The van der Waals surface area contributed by atoms with E-state index in [1.165, 1.54) is 0 Å². The normalized spacial score (nSPS) is 10.3. The first-order chi connectivity index (χ1) is 20.9. The van der Waals surface area contributed by atoms with Crippen molar-refractivity contribution in [2.45, 2.75) is 25.7 Å². The summed E-state index contributed by atoms with van der Waals surface area (Å²) in [6.07, 6.45) is 3.89. The van der Waals surface area contributed by atoms with Crippen LogP contribution in [0.2, 0.25) is 0 Å². The second kappa shape index (κ2) is 17.8. The minimum Gasteiger partial charge on any atom is -0.494 e. The smallest absolute Gasteiger partial charge is 0.343 e. The van der Waals surface area contributed by atoms with Gasteiger partial charge in [0, 0.05) is 6.08 Å². The number of benzene rings is 3. The topological polar surface area (TPSA) is 118 Å². The summed E-state index contributed by atoms with van der Waals surface area (Å²) >= 11 is 0. The van der Waals surface area contributed by atoms with E-state index < -0.39 is 24.5 Å². The van der Waals surface area contributed by atoms with Crippen LogP contribution in [0.5, 0.6) is 17.2 Å². The maximum atomic E-state index is 12.6. The zero-order valence-corrected chi connectivity index (χ0v) is 24.0. The van der Waals surface area contributed by atoms with E-state index in [2.05, 4.69) is 13.2 Å². The Hall–Kier alpha value is -4.89. The molecule has 0 spiro atoms. The molecule has 0 fully saturated rings. The van der Waals surface area contributed by atoms with Gasteiger partial charge in [0.15, 0.2) is 0 Å². The highest BCUT2D eigenvalue weighted by atomic mass is 16.5. The van der Waals surface area contributed by atoms with Crippen molar-refractivity contribution < 1.29 is 43.2 Å². The van der Waals surface area contributed by atoms with Gasteiger partial charge in [-0.1, -0.05) is 37.4 Å². The molecule has 0 aliphatic carbocycles. The Labute approximate surface area is 251 Å². The molecule has 0 aliphatic rings. The summed E-state index contributed by atoms with van der Waals surface area (Å²) in [5.41, 5.74) is 2.37. The van der Waals surface area contributed by atoms with Crippen LogP contribution >= 0.6 is 0 Å². The van der Waals surface area contributed by atoms with Gasteiger partial charge in [0.05, 0.1) is 44.2 Å². The second-order valence-electron chi connectivity index (χ2n) is 9.34. The van der Waals surface area contributed by atoms with Gasteiger partial charge in [-0.2, -0.15) is 0 Å². The molecule has 0 amide bonds. The quantitative estimate of drug-likeness (QED) is 0.0863. The molecule has 0 heterocycles. The highest BCUT2D eigenvalue weighted by Crippen LogP contribution is 2.24. The maximum Gasteiger partial charge on any atom is 0.343 e. The maximum absolute atomic E-state index is 12.6. The Morgan fingerprint density at radius 3 is 1.65 bits per heavy atom. The van der Waals surface area contributed by atoms with Gasteiger partial charge in [-0.15, -0.1) is 0 Å². The average Bonchev–Trinajstić information content (AvgIpc) is 3.04. The third kappa shape index (κ3) is 11.5. The standard InChI is InChI=1S/C34H36O9/c1-3-32(36)41-22-6-4-20-39-29-14-12-27(13-15-29)26-8-10-28(11-9-26)34(38)43-31-18-16-30(17-19-31)40-21-5-7-23-42-33(37)25(2)24-35/h3,8-19,35H,1-2,4-7,20-24H2. The number of carbonyl (C=O) groups excluding carboxylic acids is 3. The van der Waals surface area contributed by atoms with Crippen LogP contribution in [0.1, 0.15) is 36.0 Å². The third-order valence-corrected chi connectivity index (χ3v) is 6.08. The van der Waals surface area contributed by atoms with Gasteiger partial charge in [-0.3, -0.25) is 0 Å². The number of esters is 3. The van der Waals surface area contributed by atoms with Crippen molar-refractivity contribution in [3.05, 3.63) is 103 Å². The predicted molar refractivity (Wildman–Crippen MR) is 161 cm³/mol. The molecule has 0 saturated carbocycles. The van der Waals surface area contributed by atoms with Crippen LogP contribution in [0.3, 0.4) is 0 Å². The number of hydrogen-bond acceptors (Lipinski definition) is 9. The summed E-state index contributed by atoms with van der Waals surface area (Å²) in [6, 6.07) is 21.6. The van der Waals surface area contributed by atoms with Gasteiger partial charge in [0.1, 0.15) is 17.2 Å². The van der Waals surface area contributed by atoms with Gasteiger partial charge in [-0.05, 0) is 85.3 Å². The molecular weight excluding hydrogens is 552 g/mol. The summed E-state index contributed by atoms with van der Waals surface area (Å²) in [7, 11) is 0. The minimum absolute atomic E-state index is 0.0264. The number of rotatable bonds is 18. The Balaban J connectivity index is 1.37. The highest BCUT2D eigenvalue weighted by molar-refractivity contribution is 5.91. The van der Waals surface area contributed by atoms with E-state index in [0.717, 1.165) is 29.4 Å². The molecule has 1 N–H and O–H groups in total. The molecule has 0 bridgehead atoms. The van der Waals surface area contributed by atoms with E-state index in [1.807, 2.05) is 36.4 Å². The van der Waals surface area contributed by atoms with Crippen molar-refractivity contribution >= 4 is 17.9 Å². The first-order valence-electron chi connectivity index (χ1n) is 13.9. The molecule has 226 valence electrons. The first-order valence-corrected chi connectivity index (χ1v) is 13.9. The van der Waals surface area contributed by atoms with Crippen LogP contribution in [0.25, 0.3) is 11.1 Å². The van der Waals surface area contributed by atoms with E-state index in [4.69, 9.17) is 28.8 Å². The molecule has 3 rings (SSSR count). The van der Waals surface area contributed by atoms with Crippen LogP contribution in [0, 0.1) is 0 Å². The lowest BCUT2D eigenvalue weighted by Gasteiger charge is -2.09. The molecule has 3 aromatic carbocycles. The fourth-order valence-electron chi connectivity index (χ4n) is 3.66. The lowest BCUT2D eigenvalue weighted by molar-refractivity contribution is -0.140. The van der Waals surface area contributed by atoms with Crippen molar-refractivity contribution in [2.75, 3.05) is 33.0 Å². The Morgan fingerprint density at radius 2 is 1.12 bits per heavy atom. The molecular formula is C34H36O9. The van der Waals surface area contributed by atoms with Crippen molar-refractivity contribution in [1.29, 1.82) is 0 Å². The van der Waals surface area contributed by atoms with Crippen molar-refractivity contribution in [1.82, 2.24) is 0 Å². The van der Waals surface area contributed by atoms with Crippen molar-refractivity contribution in [3.63, 3.8) is 0 Å². The lowest BCUT2D eigenvalue weighted by Crippen LogP contribution is -2.11. The van der Waals surface area contributed by atoms with Crippen LogP contribution in [0.4, 0.5) is 0 Å². The largest absolute Gasteiger partial charge is 0.494 e. The summed E-state index contributed by atoms with van der Waals surface area (Å²) in [4.78, 5) is 35.1. The third-order valence-electron chi connectivity index (χ3n) is 6.08. The highest BCUT2D eigenvalue weighted by Gasteiger charge is 2.10. The zero-order chi connectivity index (χ0) is 30.9. The average molecular weight is 589 g/mol. The lowest BCUT2D eigenvalue weighted by atomic mass is 10.0. The molecule has 0 unspecified atom stereocenters. The van der Waals surface area contributed by atoms with Crippen molar-refractivity contribution in [3.8, 4) is 28.4 Å². The molecule has 0 aliphatic heterocycles. The van der Waals surface area contributed by atoms with Crippen LogP contribution in [-0.2, 0) is 19.1 Å². The molecule has 0 saturated heterocycles. The molecule has 3 aromatic rings. The zero-order valence-electron chi connectivity index (χ0n) is 24.0. The van der Waals surface area contributed by atoms with E-state index >= 15 is 0 Å². The molecule has 9 nitrogen and oxygen atoms in total. The fourth-order valence-corrected chi connectivity index (χ4v) is 3.66. The van der Waals surface area contributed by atoms with Crippen LogP contribution < -0.4 is 14.2 Å². The number of aliphatic hydroxyl groups excluding tert-OH is 1. The second-order valence-corrected chi connectivity index (χ2v) is 9.34. The molecule has 43 heavy (non-hydrogen) atoms. The van der Waals surface area contributed by atoms with Crippen LogP contribution in [0.15, 0.2) is 97.6 Å². The number of ether oxygens (including phenoxy) is 5. The number of unbranched alkanes of at least 4 members (excludes halogenated alkanes) is 2. The summed E-state index contributed by atoms with van der Waals surface area (Å²) in [6.45, 7) is 7.85. The number of carbonyl (C=O) groups is 3. The van der Waals surface area contributed by atoms with E-state index in [0.29, 0.717) is 56.1 Å². The number of hydrogen-bond donors (Lipinski definition) is 1. The summed E-state index contributed by atoms with van der Waals surface area (Å²) in [5.74, 6) is 0.268.